The van der Waals surface area contributed by atoms with Crippen molar-refractivity contribution < 1.29 is 0 Å². The number of rotatable bonds is 7. The Morgan fingerprint density at radius 1 is 1.04 bits per heavy atom. The van der Waals surface area contributed by atoms with Crippen LogP contribution in [0.1, 0.15) is 111 Å². The quantitative estimate of drug-likeness (QED) is 0.394. The van der Waals surface area contributed by atoms with Crippen LogP contribution in [-0.2, 0) is 0 Å². The minimum atomic E-state index is 0.629. The van der Waals surface area contributed by atoms with Gasteiger partial charge in [0.05, 0.1) is 0 Å². The molecule has 3 rings (SSSR count). The van der Waals surface area contributed by atoms with Crippen LogP contribution in [0.5, 0.6) is 0 Å². The molecule has 0 N–H and O–H groups in total. The molecule has 0 radical (unpaired) electrons. The Kier molecular flexibility index (Phi) is 7.46. The Labute approximate surface area is 169 Å². The van der Waals surface area contributed by atoms with E-state index in [0.717, 1.165) is 17.8 Å². The second kappa shape index (κ2) is 9.62. The molecule has 27 heavy (non-hydrogen) atoms. The van der Waals surface area contributed by atoms with E-state index in [1.54, 1.807) is 11.1 Å². The van der Waals surface area contributed by atoms with Crippen LogP contribution in [0.15, 0.2) is 35.5 Å². The van der Waals surface area contributed by atoms with Crippen molar-refractivity contribution in [2.45, 2.75) is 111 Å². The van der Waals surface area contributed by atoms with Gasteiger partial charge in [0.2, 0.25) is 0 Å². The summed E-state index contributed by atoms with van der Waals surface area (Å²) in [4.78, 5) is 0. The predicted octanol–water partition coefficient (Wildman–Crippen LogP) is 8.79. The van der Waals surface area contributed by atoms with Gasteiger partial charge in [-0.3, -0.25) is 0 Å². The lowest BCUT2D eigenvalue weighted by Gasteiger charge is -2.45. The molecule has 3 fully saturated rings. The number of hydrogen-bond acceptors (Lipinski definition) is 0. The van der Waals surface area contributed by atoms with E-state index >= 15 is 0 Å². The van der Waals surface area contributed by atoms with Crippen molar-refractivity contribution in [2.24, 2.45) is 23.2 Å². The first-order chi connectivity index (χ1) is 13.1. The summed E-state index contributed by atoms with van der Waals surface area (Å²) in [6, 6.07) is 0. The number of hydrogen-bond donors (Lipinski definition) is 0. The van der Waals surface area contributed by atoms with Gasteiger partial charge in [0.15, 0.2) is 0 Å². The molecule has 0 amide bonds. The van der Waals surface area contributed by atoms with Gasteiger partial charge in [0, 0.05) is 0 Å². The van der Waals surface area contributed by atoms with Crippen molar-refractivity contribution in [1.29, 1.82) is 0 Å². The second-order valence-electron chi connectivity index (χ2n) is 10.2. The maximum absolute atomic E-state index is 4.32. The Balaban J connectivity index is 1.69. The van der Waals surface area contributed by atoms with E-state index < -0.39 is 0 Å². The van der Waals surface area contributed by atoms with Crippen molar-refractivity contribution in [1.82, 2.24) is 0 Å². The van der Waals surface area contributed by atoms with Crippen molar-refractivity contribution in [3.63, 3.8) is 0 Å². The topological polar surface area (TPSA) is 0 Å². The fraction of sp³-hybridized carbons (Fsp3) is 0.778. The summed E-state index contributed by atoms with van der Waals surface area (Å²) in [5.41, 5.74) is 5.37. The van der Waals surface area contributed by atoms with E-state index in [4.69, 9.17) is 0 Å². The van der Waals surface area contributed by atoms with Gasteiger partial charge in [-0.25, -0.2) is 0 Å². The van der Waals surface area contributed by atoms with Gasteiger partial charge >= 0.3 is 0 Å². The van der Waals surface area contributed by atoms with Crippen molar-refractivity contribution in [3.05, 3.63) is 35.5 Å². The molecule has 0 saturated heterocycles. The zero-order chi connectivity index (χ0) is 19.3. The molecule has 0 nitrogen and oxygen atoms in total. The van der Waals surface area contributed by atoms with Gasteiger partial charge in [-0.15, -0.1) is 0 Å². The highest BCUT2D eigenvalue weighted by atomic mass is 14.5. The van der Waals surface area contributed by atoms with Crippen molar-refractivity contribution in [3.8, 4) is 0 Å². The number of fused-ring (bicyclic) bond motifs is 1. The summed E-state index contributed by atoms with van der Waals surface area (Å²) in [7, 11) is 0. The lowest BCUT2D eigenvalue weighted by atomic mass is 9.60. The molecule has 152 valence electrons. The van der Waals surface area contributed by atoms with Crippen LogP contribution in [0.25, 0.3) is 0 Å². The van der Waals surface area contributed by atoms with Crippen LogP contribution < -0.4 is 0 Å². The van der Waals surface area contributed by atoms with Crippen molar-refractivity contribution >= 4 is 0 Å². The highest BCUT2D eigenvalue weighted by molar-refractivity contribution is 5.35. The second-order valence-corrected chi connectivity index (χ2v) is 10.2. The summed E-state index contributed by atoms with van der Waals surface area (Å²) in [5, 5.41) is 0. The van der Waals surface area contributed by atoms with E-state index in [-0.39, 0.29) is 0 Å². The SMILES string of the molecule is C=C1CCCC/C1=C/C=C1\CCC[C@]2(CC)C(CCCCC(C)C)CCC12. The largest absolute Gasteiger partial charge is 0.0956 e. The maximum Gasteiger partial charge on any atom is -0.0141 e. The monoisotopic (exact) mass is 368 g/mol. The van der Waals surface area contributed by atoms with Crippen LogP contribution in [0.2, 0.25) is 0 Å². The molecule has 0 aromatic heterocycles. The Morgan fingerprint density at radius 3 is 2.59 bits per heavy atom. The first-order valence-corrected chi connectivity index (χ1v) is 12.1. The van der Waals surface area contributed by atoms with Crippen molar-refractivity contribution in [2.75, 3.05) is 0 Å². The third kappa shape index (κ3) is 4.80. The molecule has 0 heterocycles. The number of unbranched alkanes of at least 4 members (excludes halogenated alkanes) is 1. The highest BCUT2D eigenvalue weighted by Gasteiger charge is 2.50. The zero-order valence-corrected chi connectivity index (χ0v) is 18.5. The maximum atomic E-state index is 4.32. The summed E-state index contributed by atoms with van der Waals surface area (Å²) in [6.07, 6.45) is 24.6. The average Bonchev–Trinajstić information content (AvgIpc) is 3.04. The molecular formula is C27H44. The molecular weight excluding hydrogens is 324 g/mol. The summed E-state index contributed by atoms with van der Waals surface area (Å²) < 4.78 is 0. The first-order valence-electron chi connectivity index (χ1n) is 12.1. The Morgan fingerprint density at radius 2 is 1.85 bits per heavy atom. The van der Waals surface area contributed by atoms with E-state index in [2.05, 4.69) is 39.5 Å². The lowest BCUT2D eigenvalue weighted by molar-refractivity contribution is 0.0965. The van der Waals surface area contributed by atoms with E-state index in [1.165, 1.54) is 95.5 Å². The summed E-state index contributed by atoms with van der Waals surface area (Å²) in [5.74, 6) is 2.73. The normalized spacial score (nSPS) is 34.6. The standard InChI is InChI=1S/C27H44/c1-5-27-20-10-14-24(17-16-23-13-8-7-12-22(23)4)26(27)19-18-25(27)15-9-6-11-21(2)3/h16-17,21,25-26H,4-15,18-20H2,1-3H3/b23-16-,24-17+/t25?,26?,27-/m1/s1. The smallest absolute Gasteiger partial charge is 0.0141 e. The Hall–Kier alpha value is -0.780. The predicted molar refractivity (Wildman–Crippen MR) is 120 cm³/mol. The van der Waals surface area contributed by atoms with E-state index in [1.807, 2.05) is 0 Å². The molecule has 3 aliphatic carbocycles. The molecule has 0 aliphatic heterocycles. The third-order valence-electron chi connectivity index (χ3n) is 8.24. The molecule has 3 aliphatic rings. The Bertz CT molecular complexity index is 561. The molecule has 0 heteroatoms. The van der Waals surface area contributed by atoms with Gasteiger partial charge < -0.3 is 0 Å². The highest BCUT2D eigenvalue weighted by Crippen LogP contribution is 2.60. The molecule has 3 atom stereocenters. The fourth-order valence-corrected chi connectivity index (χ4v) is 6.64. The molecule has 0 aromatic carbocycles. The summed E-state index contributed by atoms with van der Waals surface area (Å²) in [6.45, 7) is 11.5. The van der Waals surface area contributed by atoms with Crippen LogP contribution in [0.4, 0.5) is 0 Å². The number of allylic oxidation sites excluding steroid dienone is 5. The van der Waals surface area contributed by atoms with Gasteiger partial charge in [0.25, 0.3) is 0 Å². The molecule has 0 spiro atoms. The molecule has 3 saturated carbocycles. The van der Waals surface area contributed by atoms with Crippen LogP contribution >= 0.6 is 0 Å². The third-order valence-corrected chi connectivity index (χ3v) is 8.24. The zero-order valence-electron chi connectivity index (χ0n) is 18.5. The van der Waals surface area contributed by atoms with Crippen LogP contribution in [-0.4, -0.2) is 0 Å². The van der Waals surface area contributed by atoms with Gasteiger partial charge in [0.1, 0.15) is 0 Å². The lowest BCUT2D eigenvalue weighted by Crippen LogP contribution is -2.35. The molecule has 0 bridgehead atoms. The first kappa shape index (κ1) is 20.9. The minimum absolute atomic E-state index is 0.629. The molecule has 2 unspecified atom stereocenters. The van der Waals surface area contributed by atoms with E-state index in [0.29, 0.717) is 5.41 Å². The van der Waals surface area contributed by atoms with E-state index in [9.17, 15) is 0 Å². The van der Waals surface area contributed by atoms with Crippen LogP contribution in [0.3, 0.4) is 0 Å². The molecule has 0 aromatic rings. The minimum Gasteiger partial charge on any atom is -0.0956 e. The van der Waals surface area contributed by atoms with Crippen LogP contribution in [0, 0.1) is 23.2 Å². The van der Waals surface area contributed by atoms with Gasteiger partial charge in [-0.1, -0.05) is 69.9 Å². The van der Waals surface area contributed by atoms with Gasteiger partial charge in [-0.2, -0.15) is 0 Å². The average molecular weight is 369 g/mol. The summed E-state index contributed by atoms with van der Waals surface area (Å²) >= 11 is 0. The fourth-order valence-electron chi connectivity index (χ4n) is 6.64. The van der Waals surface area contributed by atoms with Gasteiger partial charge in [-0.05, 0) is 99.4 Å².